The number of carbonyl (C=O) groups excluding carboxylic acids is 2. The molecule has 3 heterocycles. The van der Waals surface area contributed by atoms with Gasteiger partial charge in [-0.05, 0) is 24.5 Å². The minimum Gasteiger partial charge on any atom is -0.344 e. The van der Waals surface area contributed by atoms with Crippen LogP contribution in [0.5, 0.6) is 0 Å². The molecule has 5 heteroatoms. The predicted octanol–water partition coefficient (Wildman–Crippen LogP) is 0.249. The van der Waals surface area contributed by atoms with Crippen molar-refractivity contribution in [2.45, 2.75) is 25.3 Å². The third-order valence-electron chi connectivity index (χ3n) is 3.35. The van der Waals surface area contributed by atoms with Crippen molar-refractivity contribution in [3.63, 3.8) is 0 Å². The predicted molar refractivity (Wildman–Crippen MR) is 61.5 cm³/mol. The number of nitrogens with one attached hydrogen (secondary N) is 1. The fourth-order valence-corrected chi connectivity index (χ4v) is 2.51. The Bertz CT molecular complexity index is 486. The number of amides is 2. The van der Waals surface area contributed by atoms with Gasteiger partial charge in [-0.3, -0.25) is 14.9 Å². The van der Waals surface area contributed by atoms with E-state index in [0.717, 1.165) is 18.8 Å². The number of pyridine rings is 1. The van der Waals surface area contributed by atoms with E-state index in [9.17, 15) is 9.59 Å². The molecule has 2 aliphatic rings. The van der Waals surface area contributed by atoms with Crippen LogP contribution in [0.3, 0.4) is 0 Å². The van der Waals surface area contributed by atoms with Crippen LogP contribution in [0.25, 0.3) is 0 Å². The second-order valence-electron chi connectivity index (χ2n) is 4.40. The lowest BCUT2D eigenvalue weighted by molar-refractivity contribution is -0.134. The van der Waals surface area contributed by atoms with Crippen molar-refractivity contribution in [1.29, 1.82) is 0 Å². The van der Waals surface area contributed by atoms with Crippen molar-refractivity contribution < 1.29 is 9.59 Å². The Balaban J connectivity index is 1.87. The van der Waals surface area contributed by atoms with Gasteiger partial charge in [0.2, 0.25) is 11.8 Å². The lowest BCUT2D eigenvalue weighted by atomic mass is 10.0. The van der Waals surface area contributed by atoms with E-state index in [4.69, 9.17) is 0 Å². The molecule has 0 radical (unpaired) electrons. The van der Waals surface area contributed by atoms with Crippen LogP contribution in [-0.4, -0.2) is 29.4 Å². The number of nitrogens with zero attached hydrogens (tertiary/aromatic N) is 2. The molecule has 1 atom stereocenters. The van der Waals surface area contributed by atoms with Gasteiger partial charge in [0, 0.05) is 19.2 Å². The third kappa shape index (κ3) is 1.67. The van der Waals surface area contributed by atoms with E-state index in [1.54, 1.807) is 6.20 Å². The molecular weight excluding hydrogens is 218 g/mol. The first-order chi connectivity index (χ1) is 8.25. The van der Waals surface area contributed by atoms with Crippen molar-refractivity contribution in [2.24, 2.45) is 0 Å². The van der Waals surface area contributed by atoms with E-state index in [2.05, 4.69) is 10.3 Å². The third-order valence-corrected chi connectivity index (χ3v) is 3.35. The Morgan fingerprint density at radius 2 is 2.24 bits per heavy atom. The molecule has 3 rings (SSSR count). The van der Waals surface area contributed by atoms with Gasteiger partial charge in [-0.15, -0.1) is 0 Å². The zero-order chi connectivity index (χ0) is 11.8. The average Bonchev–Trinajstić information content (AvgIpc) is 2.73. The molecule has 1 aromatic heterocycles. The van der Waals surface area contributed by atoms with Crippen LogP contribution in [0.1, 0.15) is 18.4 Å². The van der Waals surface area contributed by atoms with E-state index in [1.165, 1.54) is 5.56 Å². The lowest BCUT2D eigenvalue weighted by Crippen LogP contribution is -2.52. The number of piperidine rings is 1. The van der Waals surface area contributed by atoms with Gasteiger partial charge in [-0.1, -0.05) is 6.07 Å². The van der Waals surface area contributed by atoms with Crippen LogP contribution in [0, 0.1) is 0 Å². The molecule has 1 aromatic rings. The Kier molecular flexibility index (Phi) is 2.31. The van der Waals surface area contributed by atoms with Crippen LogP contribution in [0.15, 0.2) is 18.3 Å². The minimum atomic E-state index is -0.246. The van der Waals surface area contributed by atoms with E-state index >= 15 is 0 Å². The van der Waals surface area contributed by atoms with E-state index in [0.29, 0.717) is 12.8 Å². The number of rotatable bonds is 1. The van der Waals surface area contributed by atoms with E-state index in [1.807, 2.05) is 17.0 Å². The van der Waals surface area contributed by atoms with Crippen LogP contribution in [-0.2, 0) is 16.0 Å². The Hall–Kier alpha value is -1.91. The summed E-state index contributed by atoms with van der Waals surface area (Å²) in [6.45, 7) is 0.804. The highest BCUT2D eigenvalue weighted by Crippen LogP contribution is 2.28. The summed E-state index contributed by atoms with van der Waals surface area (Å²) in [5.41, 5.74) is 1.18. The monoisotopic (exact) mass is 231 g/mol. The van der Waals surface area contributed by atoms with Crippen LogP contribution in [0.4, 0.5) is 5.82 Å². The van der Waals surface area contributed by atoms with Gasteiger partial charge < -0.3 is 4.90 Å². The molecule has 1 fully saturated rings. The van der Waals surface area contributed by atoms with Gasteiger partial charge in [-0.2, -0.15) is 0 Å². The van der Waals surface area contributed by atoms with Gasteiger partial charge in [0.1, 0.15) is 11.9 Å². The molecule has 5 nitrogen and oxygen atoms in total. The molecule has 1 unspecified atom stereocenters. The van der Waals surface area contributed by atoms with E-state index < -0.39 is 0 Å². The van der Waals surface area contributed by atoms with Crippen molar-refractivity contribution >= 4 is 17.6 Å². The SMILES string of the molecule is O=C1CCC(N2CCc3cccnc32)C(=O)N1. The maximum Gasteiger partial charge on any atom is 0.249 e. The summed E-state index contributed by atoms with van der Waals surface area (Å²) >= 11 is 0. The molecule has 0 aromatic carbocycles. The maximum absolute atomic E-state index is 11.8. The average molecular weight is 231 g/mol. The molecule has 2 aliphatic heterocycles. The summed E-state index contributed by atoms with van der Waals surface area (Å²) in [6, 6.07) is 3.70. The number of aromatic nitrogens is 1. The maximum atomic E-state index is 11.8. The first kappa shape index (κ1) is 10.3. The highest BCUT2D eigenvalue weighted by atomic mass is 16.2. The molecule has 2 amide bonds. The molecule has 1 saturated heterocycles. The van der Waals surface area contributed by atoms with Gasteiger partial charge in [0.25, 0.3) is 0 Å². The number of hydrogen-bond donors (Lipinski definition) is 1. The number of carbonyl (C=O) groups is 2. The number of anilines is 1. The fraction of sp³-hybridized carbons (Fsp3) is 0.417. The zero-order valence-electron chi connectivity index (χ0n) is 9.35. The molecule has 0 spiro atoms. The summed E-state index contributed by atoms with van der Waals surface area (Å²) in [4.78, 5) is 29.3. The second kappa shape index (κ2) is 3.84. The number of hydrogen-bond acceptors (Lipinski definition) is 4. The standard InChI is InChI=1S/C12H13N3O2/c16-10-4-3-9(12(17)14-10)15-7-5-8-2-1-6-13-11(8)15/h1-2,6,9H,3-5,7H2,(H,14,16,17). The van der Waals surface area contributed by atoms with E-state index in [-0.39, 0.29) is 17.9 Å². The first-order valence-corrected chi connectivity index (χ1v) is 5.80. The lowest BCUT2D eigenvalue weighted by Gasteiger charge is -2.30. The van der Waals surface area contributed by atoms with Crippen molar-refractivity contribution in [3.8, 4) is 0 Å². The summed E-state index contributed by atoms with van der Waals surface area (Å²) in [5, 5.41) is 2.39. The number of imide groups is 1. The van der Waals surface area contributed by atoms with Crippen LogP contribution < -0.4 is 10.2 Å². The fourth-order valence-electron chi connectivity index (χ4n) is 2.51. The largest absolute Gasteiger partial charge is 0.344 e. The summed E-state index contributed by atoms with van der Waals surface area (Å²) < 4.78 is 0. The van der Waals surface area contributed by atoms with Gasteiger partial charge >= 0.3 is 0 Å². The summed E-state index contributed by atoms with van der Waals surface area (Å²) in [7, 11) is 0. The van der Waals surface area contributed by atoms with Crippen LogP contribution in [0.2, 0.25) is 0 Å². The molecule has 17 heavy (non-hydrogen) atoms. The smallest absolute Gasteiger partial charge is 0.249 e. The second-order valence-corrected chi connectivity index (χ2v) is 4.40. The van der Waals surface area contributed by atoms with Gasteiger partial charge in [-0.25, -0.2) is 4.98 Å². The molecule has 0 bridgehead atoms. The quantitative estimate of drug-likeness (QED) is 0.704. The van der Waals surface area contributed by atoms with Gasteiger partial charge in [0.05, 0.1) is 0 Å². The summed E-state index contributed by atoms with van der Waals surface area (Å²) in [5.74, 6) is 0.522. The highest BCUT2D eigenvalue weighted by Gasteiger charge is 2.35. The normalized spacial score (nSPS) is 23.5. The Labute approximate surface area is 98.8 Å². The Morgan fingerprint density at radius 3 is 3.06 bits per heavy atom. The molecule has 88 valence electrons. The van der Waals surface area contributed by atoms with Gasteiger partial charge in [0.15, 0.2) is 0 Å². The van der Waals surface area contributed by atoms with Crippen molar-refractivity contribution in [3.05, 3.63) is 23.9 Å². The topological polar surface area (TPSA) is 62.3 Å². The molecule has 1 N–H and O–H groups in total. The number of fused-ring (bicyclic) bond motifs is 1. The van der Waals surface area contributed by atoms with Crippen molar-refractivity contribution in [1.82, 2.24) is 10.3 Å². The van der Waals surface area contributed by atoms with Crippen molar-refractivity contribution in [2.75, 3.05) is 11.4 Å². The summed E-state index contributed by atoms with van der Waals surface area (Å²) in [6.07, 6.45) is 3.65. The zero-order valence-corrected chi connectivity index (χ0v) is 9.35. The molecular formula is C12H13N3O2. The highest BCUT2D eigenvalue weighted by molar-refractivity contribution is 6.01. The minimum absolute atomic E-state index is 0.174. The Morgan fingerprint density at radius 1 is 1.35 bits per heavy atom. The first-order valence-electron chi connectivity index (χ1n) is 5.80. The van der Waals surface area contributed by atoms with Crippen LogP contribution >= 0.6 is 0 Å². The molecule has 0 aliphatic carbocycles. The molecule has 0 saturated carbocycles.